The zero-order valence-electron chi connectivity index (χ0n) is 10.7. The van der Waals surface area contributed by atoms with Crippen molar-refractivity contribution in [3.05, 3.63) is 29.3 Å². The van der Waals surface area contributed by atoms with Crippen LogP contribution in [0.15, 0.2) is 18.2 Å². The Morgan fingerprint density at radius 2 is 2.18 bits per heavy atom. The average molecular weight is 251 g/mol. The largest absolute Gasteiger partial charge is 0.493 e. The quantitative estimate of drug-likeness (QED) is 0.580. The van der Waals surface area contributed by atoms with Gasteiger partial charge in [0.05, 0.1) is 12.5 Å². The third-order valence-electron chi connectivity index (χ3n) is 2.72. The minimum absolute atomic E-state index is 0.367. The minimum Gasteiger partial charge on any atom is -0.493 e. The van der Waals surface area contributed by atoms with Crippen LogP contribution in [0.3, 0.4) is 0 Å². The Kier molecular flexibility index (Phi) is 5.94. The van der Waals surface area contributed by atoms with Crippen molar-refractivity contribution in [3.63, 3.8) is 0 Å². The van der Waals surface area contributed by atoms with E-state index < -0.39 is 0 Å². The van der Waals surface area contributed by atoms with E-state index in [9.17, 15) is 0 Å². The Balaban J connectivity index is 2.68. The predicted octanol–water partition coefficient (Wildman–Crippen LogP) is 4.01. The van der Waals surface area contributed by atoms with Gasteiger partial charge in [0.25, 0.3) is 0 Å². The van der Waals surface area contributed by atoms with Crippen molar-refractivity contribution in [2.45, 2.75) is 27.2 Å². The average Bonchev–Trinajstić information content (AvgIpc) is 2.34. The Labute approximate surface area is 109 Å². The first-order chi connectivity index (χ1) is 8.17. The van der Waals surface area contributed by atoms with Crippen LogP contribution >= 0.6 is 11.6 Å². The first-order valence-corrected chi connectivity index (χ1v) is 6.49. The van der Waals surface area contributed by atoms with E-state index in [1.54, 1.807) is 0 Å². The smallest absolute Gasteiger partial charge is 0.119 e. The molecule has 0 radical (unpaired) electrons. The van der Waals surface area contributed by atoms with Gasteiger partial charge in [-0.1, -0.05) is 32.1 Å². The molecular formula is C15H19ClO. The van der Waals surface area contributed by atoms with E-state index in [4.69, 9.17) is 16.3 Å². The van der Waals surface area contributed by atoms with E-state index in [0.717, 1.165) is 29.9 Å². The van der Waals surface area contributed by atoms with Gasteiger partial charge in [-0.3, -0.25) is 0 Å². The van der Waals surface area contributed by atoms with Gasteiger partial charge >= 0.3 is 0 Å². The van der Waals surface area contributed by atoms with Crippen molar-refractivity contribution >= 4 is 11.6 Å². The van der Waals surface area contributed by atoms with Crippen LogP contribution in [-0.4, -0.2) is 12.5 Å². The molecule has 0 fully saturated rings. The lowest BCUT2D eigenvalue weighted by atomic mass is 10.1. The Morgan fingerprint density at radius 3 is 2.76 bits per heavy atom. The number of aryl methyl sites for hydroxylation is 1. The zero-order valence-corrected chi connectivity index (χ0v) is 11.5. The van der Waals surface area contributed by atoms with Gasteiger partial charge in [0.15, 0.2) is 0 Å². The van der Waals surface area contributed by atoms with Crippen molar-refractivity contribution < 1.29 is 4.74 Å². The van der Waals surface area contributed by atoms with Gasteiger partial charge < -0.3 is 4.74 Å². The number of hydrogen-bond acceptors (Lipinski definition) is 1. The molecule has 1 nitrogen and oxygen atoms in total. The third-order valence-corrected chi connectivity index (χ3v) is 2.85. The number of alkyl halides is 1. The van der Waals surface area contributed by atoms with E-state index in [1.165, 1.54) is 0 Å². The molecule has 0 aliphatic heterocycles. The monoisotopic (exact) mass is 250 g/mol. The van der Waals surface area contributed by atoms with Crippen molar-refractivity contribution in [1.82, 2.24) is 0 Å². The van der Waals surface area contributed by atoms with E-state index in [2.05, 4.69) is 25.7 Å². The fraction of sp³-hybridized carbons (Fsp3) is 0.467. The molecule has 1 aromatic carbocycles. The molecule has 0 saturated heterocycles. The predicted molar refractivity (Wildman–Crippen MR) is 73.7 cm³/mol. The number of ether oxygens (including phenoxy) is 1. The van der Waals surface area contributed by atoms with Crippen LogP contribution in [0.25, 0.3) is 0 Å². The van der Waals surface area contributed by atoms with Crippen LogP contribution in [0, 0.1) is 24.7 Å². The molecule has 1 aromatic rings. The maximum atomic E-state index is 5.72. The Hall–Kier alpha value is -1.13. The van der Waals surface area contributed by atoms with E-state index in [-0.39, 0.29) is 0 Å². The molecule has 0 bridgehead atoms. The number of hydrogen-bond donors (Lipinski definition) is 0. The number of benzene rings is 1. The molecule has 0 amide bonds. The summed E-state index contributed by atoms with van der Waals surface area (Å²) in [6.45, 7) is 7.16. The summed E-state index contributed by atoms with van der Waals surface area (Å²) in [4.78, 5) is 0. The van der Waals surface area contributed by atoms with Crippen molar-refractivity contribution in [2.75, 3.05) is 12.5 Å². The van der Waals surface area contributed by atoms with Gasteiger partial charge in [-0.25, -0.2) is 0 Å². The summed E-state index contributed by atoms with van der Waals surface area (Å²) < 4.78 is 5.72. The van der Waals surface area contributed by atoms with Gasteiger partial charge in [-0.05, 0) is 36.6 Å². The first kappa shape index (κ1) is 13.9. The van der Waals surface area contributed by atoms with Crippen LogP contribution in [0.1, 0.15) is 31.4 Å². The highest BCUT2D eigenvalue weighted by Crippen LogP contribution is 2.17. The molecule has 17 heavy (non-hydrogen) atoms. The maximum Gasteiger partial charge on any atom is 0.119 e. The van der Waals surface area contributed by atoms with Gasteiger partial charge in [-0.15, -0.1) is 11.6 Å². The molecule has 1 atom stereocenters. The molecule has 2 heteroatoms. The molecule has 0 spiro atoms. The molecule has 0 aromatic heterocycles. The van der Waals surface area contributed by atoms with Gasteiger partial charge in [0.1, 0.15) is 5.75 Å². The number of halogens is 1. The highest BCUT2D eigenvalue weighted by Gasteiger charge is 2.02. The molecular weight excluding hydrogens is 232 g/mol. The summed E-state index contributed by atoms with van der Waals surface area (Å²) >= 11 is 5.54. The standard InChI is InChI=1S/C15H19ClO/c1-4-12(2)11-17-15-8-7-14(6-5-9-16)13(3)10-15/h7-8,10,12H,4,9,11H2,1-3H3. The van der Waals surface area contributed by atoms with E-state index in [1.807, 2.05) is 25.1 Å². The van der Waals surface area contributed by atoms with Gasteiger partial charge in [0.2, 0.25) is 0 Å². The van der Waals surface area contributed by atoms with Crippen LogP contribution in [0.4, 0.5) is 0 Å². The molecule has 0 N–H and O–H groups in total. The summed E-state index contributed by atoms with van der Waals surface area (Å²) in [5, 5.41) is 0. The number of rotatable bonds is 4. The van der Waals surface area contributed by atoms with Crippen LogP contribution in [-0.2, 0) is 0 Å². The lowest BCUT2D eigenvalue weighted by molar-refractivity contribution is 0.256. The van der Waals surface area contributed by atoms with Crippen LogP contribution in [0.2, 0.25) is 0 Å². The SMILES string of the molecule is CCC(C)COc1ccc(C#CCCl)c(C)c1. The molecule has 1 rings (SSSR count). The lowest BCUT2D eigenvalue weighted by Crippen LogP contribution is -2.07. The summed E-state index contributed by atoms with van der Waals surface area (Å²) in [5.41, 5.74) is 2.14. The highest BCUT2D eigenvalue weighted by atomic mass is 35.5. The normalized spacial score (nSPS) is 11.5. The topological polar surface area (TPSA) is 9.23 Å². The molecule has 0 heterocycles. The Morgan fingerprint density at radius 1 is 1.41 bits per heavy atom. The fourth-order valence-electron chi connectivity index (χ4n) is 1.35. The fourth-order valence-corrected chi connectivity index (χ4v) is 1.42. The lowest BCUT2D eigenvalue weighted by Gasteiger charge is -2.11. The highest BCUT2D eigenvalue weighted by molar-refractivity contribution is 6.19. The summed E-state index contributed by atoms with van der Waals surface area (Å²) in [5.74, 6) is 7.76. The molecule has 0 aliphatic rings. The zero-order chi connectivity index (χ0) is 12.7. The molecule has 0 saturated carbocycles. The van der Waals surface area contributed by atoms with Crippen LogP contribution < -0.4 is 4.74 Å². The van der Waals surface area contributed by atoms with Crippen molar-refractivity contribution in [1.29, 1.82) is 0 Å². The van der Waals surface area contributed by atoms with E-state index >= 15 is 0 Å². The maximum absolute atomic E-state index is 5.72. The molecule has 92 valence electrons. The van der Waals surface area contributed by atoms with Crippen molar-refractivity contribution in [2.24, 2.45) is 5.92 Å². The first-order valence-electron chi connectivity index (χ1n) is 5.95. The molecule has 0 aliphatic carbocycles. The second-order valence-corrected chi connectivity index (χ2v) is 4.50. The summed E-state index contributed by atoms with van der Waals surface area (Å²) in [7, 11) is 0. The second-order valence-electron chi connectivity index (χ2n) is 4.24. The summed E-state index contributed by atoms with van der Waals surface area (Å²) in [6, 6.07) is 5.98. The third kappa shape index (κ3) is 4.71. The second kappa shape index (κ2) is 7.25. The van der Waals surface area contributed by atoms with E-state index in [0.29, 0.717) is 11.8 Å². The summed E-state index contributed by atoms with van der Waals surface area (Å²) in [6.07, 6.45) is 1.14. The van der Waals surface area contributed by atoms with Gasteiger partial charge in [-0.2, -0.15) is 0 Å². The van der Waals surface area contributed by atoms with Crippen LogP contribution in [0.5, 0.6) is 5.75 Å². The van der Waals surface area contributed by atoms with Gasteiger partial charge in [0, 0.05) is 5.56 Å². The Bertz CT molecular complexity index is 415. The molecule has 1 unspecified atom stereocenters. The minimum atomic E-state index is 0.367. The van der Waals surface area contributed by atoms with Crippen molar-refractivity contribution in [3.8, 4) is 17.6 Å².